The summed E-state index contributed by atoms with van der Waals surface area (Å²) < 4.78 is 0. The fraction of sp³-hybridized carbons (Fsp3) is 0.250. The summed E-state index contributed by atoms with van der Waals surface area (Å²) in [5, 5.41) is 1.23. The lowest BCUT2D eigenvalue weighted by molar-refractivity contribution is -0.779. The minimum absolute atomic E-state index is 1.03. The summed E-state index contributed by atoms with van der Waals surface area (Å²) in [6, 6.07) is 8.37. The van der Waals surface area contributed by atoms with E-state index in [1.54, 1.807) is 11.9 Å². The number of quaternary nitrogens is 1. The van der Waals surface area contributed by atoms with Crippen LogP contribution < -0.4 is 5.01 Å². The average Bonchev–Trinajstić information content (AvgIpc) is 2.47. The van der Waals surface area contributed by atoms with Gasteiger partial charge in [0.15, 0.2) is 0 Å². The van der Waals surface area contributed by atoms with Gasteiger partial charge in [-0.15, -0.1) is 0 Å². The van der Waals surface area contributed by atoms with E-state index in [1.165, 1.54) is 15.6 Å². The fourth-order valence-electron chi connectivity index (χ4n) is 1.19. The van der Waals surface area contributed by atoms with E-state index in [9.17, 15) is 0 Å². The first-order valence-corrected chi connectivity index (χ1v) is 4.52. The zero-order valence-electron chi connectivity index (χ0n) is 6.37. The van der Waals surface area contributed by atoms with Crippen LogP contribution in [0.3, 0.4) is 0 Å². The van der Waals surface area contributed by atoms with Gasteiger partial charge in [0.2, 0.25) is 0 Å². The van der Waals surface area contributed by atoms with E-state index >= 15 is 0 Å². The van der Waals surface area contributed by atoms with Crippen LogP contribution in [-0.2, 0) is 0 Å². The molecule has 1 atom stereocenters. The van der Waals surface area contributed by atoms with Crippen LogP contribution in [0.4, 0.5) is 5.69 Å². The van der Waals surface area contributed by atoms with Gasteiger partial charge in [0.25, 0.3) is 0 Å². The summed E-state index contributed by atoms with van der Waals surface area (Å²) in [5.41, 5.74) is 1.32. The zero-order chi connectivity index (χ0) is 7.68. The highest BCUT2D eigenvalue weighted by molar-refractivity contribution is 8.01. The Morgan fingerprint density at radius 1 is 1.45 bits per heavy atom. The number of hydrogen-bond donors (Lipinski definition) is 1. The third-order valence-corrected chi connectivity index (χ3v) is 2.65. The Hall–Kier alpha value is -0.510. The summed E-state index contributed by atoms with van der Waals surface area (Å²) in [5.74, 6) is 0. The first kappa shape index (κ1) is 7.16. The summed E-state index contributed by atoms with van der Waals surface area (Å²) in [7, 11) is 0. The second-order valence-electron chi connectivity index (χ2n) is 2.48. The van der Waals surface area contributed by atoms with Gasteiger partial charge in [0, 0.05) is 0 Å². The van der Waals surface area contributed by atoms with Gasteiger partial charge in [-0.05, 0) is 19.1 Å². The van der Waals surface area contributed by atoms with E-state index < -0.39 is 0 Å². The molecule has 0 aromatic heterocycles. The molecule has 0 saturated heterocycles. The molecule has 2 rings (SSSR count). The van der Waals surface area contributed by atoms with Crippen molar-refractivity contribution in [2.24, 2.45) is 0 Å². The lowest BCUT2D eigenvalue weighted by Crippen LogP contribution is -3.00. The highest BCUT2D eigenvalue weighted by Gasteiger charge is 2.12. The van der Waals surface area contributed by atoms with Crippen molar-refractivity contribution in [3.05, 3.63) is 29.1 Å². The van der Waals surface area contributed by atoms with Crippen molar-refractivity contribution in [2.75, 3.05) is 6.54 Å². The Morgan fingerprint density at radius 2 is 2.27 bits per heavy atom. The molecule has 0 radical (unpaired) electrons. The van der Waals surface area contributed by atoms with E-state index in [1.807, 2.05) is 0 Å². The number of fused-ring (bicyclic) bond motifs is 1. The van der Waals surface area contributed by atoms with E-state index in [0.717, 1.165) is 6.54 Å². The quantitative estimate of drug-likeness (QED) is 0.627. The van der Waals surface area contributed by atoms with Crippen LogP contribution in [0.25, 0.3) is 4.83 Å². The largest absolute Gasteiger partial charge is 0.388 e. The first-order valence-electron chi connectivity index (χ1n) is 3.75. The van der Waals surface area contributed by atoms with E-state index in [4.69, 9.17) is 0 Å². The van der Waals surface area contributed by atoms with Crippen LogP contribution in [0.15, 0.2) is 29.2 Å². The highest BCUT2D eigenvalue weighted by atomic mass is 32.2. The van der Waals surface area contributed by atoms with E-state index in [-0.39, 0.29) is 0 Å². The standard InChI is InChI=1S/C8H10N2S/c1-2-10-7-5-3-4-6-8(7)11-9-10/h3-6,10H,2H2,1H3. The van der Waals surface area contributed by atoms with Crippen molar-refractivity contribution in [3.63, 3.8) is 0 Å². The Bertz CT molecular complexity index is 262. The third kappa shape index (κ3) is 1.15. The van der Waals surface area contributed by atoms with Crippen LogP contribution >= 0.6 is 11.9 Å². The minimum atomic E-state index is 1.03. The molecule has 0 spiro atoms. The molecule has 58 valence electrons. The molecule has 1 aliphatic rings. The number of nitrogens with one attached hydrogen (secondary N) is 1. The maximum atomic E-state index is 4.36. The second-order valence-corrected chi connectivity index (χ2v) is 3.28. The monoisotopic (exact) mass is 166 g/mol. The van der Waals surface area contributed by atoms with Gasteiger partial charge in [0.1, 0.15) is 5.69 Å². The van der Waals surface area contributed by atoms with Crippen molar-refractivity contribution in [3.8, 4) is 0 Å². The van der Waals surface area contributed by atoms with Crippen molar-refractivity contribution in [1.29, 1.82) is 0 Å². The van der Waals surface area contributed by atoms with Gasteiger partial charge >= 0.3 is 0 Å². The van der Waals surface area contributed by atoms with Gasteiger partial charge in [-0.3, -0.25) is 0 Å². The topological polar surface area (TPSA) is 18.5 Å². The maximum absolute atomic E-state index is 4.36. The van der Waals surface area contributed by atoms with Gasteiger partial charge in [-0.25, -0.2) is 0 Å². The molecule has 1 heterocycles. The van der Waals surface area contributed by atoms with Crippen LogP contribution in [-0.4, -0.2) is 6.54 Å². The van der Waals surface area contributed by atoms with Crippen molar-refractivity contribution < 1.29 is 5.01 Å². The molecule has 0 aliphatic carbocycles. The first-order chi connectivity index (χ1) is 5.42. The molecule has 11 heavy (non-hydrogen) atoms. The SMILES string of the molecule is CC[NH+]1[N-]Sc2ccccc21. The van der Waals surface area contributed by atoms with Gasteiger partial charge in [0.05, 0.1) is 11.4 Å². The van der Waals surface area contributed by atoms with Crippen molar-refractivity contribution in [1.82, 2.24) is 0 Å². The molecule has 1 aliphatic heterocycles. The molecule has 2 nitrogen and oxygen atoms in total. The lowest BCUT2D eigenvalue weighted by Gasteiger charge is -2.19. The van der Waals surface area contributed by atoms with Crippen LogP contribution in [0, 0.1) is 0 Å². The summed E-state index contributed by atoms with van der Waals surface area (Å²) in [4.78, 5) is 5.65. The Morgan fingerprint density at radius 3 is 3.09 bits per heavy atom. The van der Waals surface area contributed by atoms with Crippen molar-refractivity contribution in [2.45, 2.75) is 11.8 Å². The molecule has 0 fully saturated rings. The van der Waals surface area contributed by atoms with Gasteiger partial charge in [-0.1, -0.05) is 12.1 Å². The number of rotatable bonds is 1. The van der Waals surface area contributed by atoms with Gasteiger partial charge < -0.3 is 9.84 Å². The predicted molar refractivity (Wildman–Crippen MR) is 46.8 cm³/mol. The molecule has 1 aromatic carbocycles. The fourth-order valence-corrected chi connectivity index (χ4v) is 2.05. The second kappa shape index (κ2) is 2.85. The number of nitrogens with zero attached hydrogens (tertiary/aromatic N) is 1. The van der Waals surface area contributed by atoms with Gasteiger partial charge in [-0.2, -0.15) is 11.9 Å². The number of para-hydroxylation sites is 1. The molecule has 1 N–H and O–H groups in total. The number of benzene rings is 1. The normalized spacial score (nSPS) is 21.7. The summed E-state index contributed by atoms with van der Waals surface area (Å²) >= 11 is 1.59. The molecule has 0 amide bonds. The number of hydrogen-bond acceptors (Lipinski definition) is 1. The van der Waals surface area contributed by atoms with Crippen molar-refractivity contribution >= 4 is 17.6 Å². The Labute approximate surface area is 70.7 Å². The minimum Gasteiger partial charge on any atom is -0.388 e. The van der Waals surface area contributed by atoms with E-state index in [0.29, 0.717) is 0 Å². The van der Waals surface area contributed by atoms with Crippen LogP contribution in [0.5, 0.6) is 0 Å². The zero-order valence-corrected chi connectivity index (χ0v) is 7.19. The molecular formula is C8H10N2S. The lowest BCUT2D eigenvalue weighted by atomic mass is 10.3. The Kier molecular flexibility index (Phi) is 1.85. The Balaban J connectivity index is 2.39. The molecule has 0 saturated carbocycles. The molecule has 3 heteroatoms. The summed E-state index contributed by atoms with van der Waals surface area (Å²) in [6.07, 6.45) is 0. The average molecular weight is 166 g/mol. The molecule has 0 bridgehead atoms. The summed E-state index contributed by atoms with van der Waals surface area (Å²) in [6.45, 7) is 3.17. The third-order valence-electron chi connectivity index (χ3n) is 1.79. The van der Waals surface area contributed by atoms with Crippen LogP contribution in [0.2, 0.25) is 0 Å². The molecule has 1 unspecified atom stereocenters. The smallest absolute Gasteiger partial charge is 0.134 e. The maximum Gasteiger partial charge on any atom is 0.134 e. The predicted octanol–water partition coefficient (Wildman–Crippen LogP) is 1.53. The highest BCUT2D eigenvalue weighted by Crippen LogP contribution is 2.32. The van der Waals surface area contributed by atoms with E-state index in [2.05, 4.69) is 36.0 Å². The molecular weight excluding hydrogens is 156 g/mol. The molecule has 1 aromatic rings. The van der Waals surface area contributed by atoms with Crippen LogP contribution in [0.1, 0.15) is 6.92 Å².